The molecule has 160 valence electrons. The lowest BCUT2D eigenvalue weighted by Gasteiger charge is -2.12. The van der Waals surface area contributed by atoms with Gasteiger partial charge in [-0.05, 0) is 43.2 Å². The van der Waals surface area contributed by atoms with Crippen molar-refractivity contribution in [2.24, 2.45) is 0 Å². The van der Waals surface area contributed by atoms with E-state index in [1.54, 1.807) is 10.9 Å². The molecule has 4 heterocycles. The monoisotopic (exact) mass is 427 g/mol. The van der Waals surface area contributed by atoms with Gasteiger partial charge in [0, 0.05) is 6.04 Å². The third kappa shape index (κ3) is 2.76. The van der Waals surface area contributed by atoms with Crippen molar-refractivity contribution in [3.8, 4) is 11.5 Å². The van der Waals surface area contributed by atoms with Crippen molar-refractivity contribution in [2.75, 3.05) is 6.79 Å². The van der Waals surface area contributed by atoms with Crippen molar-refractivity contribution in [1.82, 2.24) is 24.1 Å². The lowest BCUT2D eigenvalue weighted by molar-refractivity contribution is 0.174. The zero-order valence-electron chi connectivity index (χ0n) is 17.8. The van der Waals surface area contributed by atoms with E-state index >= 15 is 0 Å². The quantitative estimate of drug-likeness (QED) is 0.430. The summed E-state index contributed by atoms with van der Waals surface area (Å²) in [4.78, 5) is 27.9. The predicted octanol–water partition coefficient (Wildman–Crippen LogP) is 4.04. The first-order chi connectivity index (χ1) is 15.6. The molecule has 0 saturated heterocycles. The van der Waals surface area contributed by atoms with Gasteiger partial charge in [0.25, 0.3) is 5.56 Å². The number of aromatic nitrogens is 5. The van der Waals surface area contributed by atoms with Gasteiger partial charge >= 0.3 is 0 Å². The lowest BCUT2D eigenvalue weighted by atomic mass is 10.2. The number of rotatable bonds is 4. The van der Waals surface area contributed by atoms with Gasteiger partial charge in [-0.1, -0.05) is 25.1 Å². The summed E-state index contributed by atoms with van der Waals surface area (Å²) in [7, 11) is 0. The summed E-state index contributed by atoms with van der Waals surface area (Å²) in [5, 5.41) is 0.502. The van der Waals surface area contributed by atoms with Gasteiger partial charge in [0.05, 0.1) is 17.6 Å². The summed E-state index contributed by atoms with van der Waals surface area (Å²) in [6, 6.07) is 13.6. The highest BCUT2D eigenvalue weighted by Crippen LogP contribution is 2.33. The molecular formula is C24H21N5O3. The molecule has 0 aliphatic carbocycles. The fraction of sp³-hybridized carbons (Fsp3) is 0.250. The number of fused-ring (bicyclic) bond motifs is 5. The molecule has 0 amide bonds. The number of hydrogen-bond acceptors (Lipinski definition) is 6. The highest BCUT2D eigenvalue weighted by atomic mass is 16.7. The van der Waals surface area contributed by atoms with E-state index in [-0.39, 0.29) is 18.4 Å². The standard InChI is InChI=1S/C24H21N5O3/c1-3-14(2)29-12-25-22-20(24(29)30)21-23(27-17-7-5-4-6-16(17)26-21)28(22)11-15-8-9-18-19(10-15)32-13-31-18/h4-10,12,14H,3,11,13H2,1-2H3/t14-/m0/s1. The van der Waals surface area contributed by atoms with Crippen LogP contribution in [0.4, 0.5) is 0 Å². The van der Waals surface area contributed by atoms with Crippen LogP contribution in [0.25, 0.3) is 33.2 Å². The third-order valence-electron chi connectivity index (χ3n) is 6.12. The van der Waals surface area contributed by atoms with E-state index in [0.717, 1.165) is 28.8 Å². The Balaban J connectivity index is 1.64. The lowest BCUT2D eigenvalue weighted by Crippen LogP contribution is -2.23. The van der Waals surface area contributed by atoms with E-state index in [0.29, 0.717) is 34.5 Å². The van der Waals surface area contributed by atoms with Gasteiger partial charge in [0.15, 0.2) is 22.8 Å². The van der Waals surface area contributed by atoms with E-state index in [1.807, 2.05) is 54.0 Å². The first kappa shape index (κ1) is 18.8. The zero-order chi connectivity index (χ0) is 21.8. The van der Waals surface area contributed by atoms with Crippen LogP contribution in [0.5, 0.6) is 11.5 Å². The van der Waals surface area contributed by atoms with Crippen LogP contribution in [0.3, 0.4) is 0 Å². The summed E-state index contributed by atoms with van der Waals surface area (Å²) >= 11 is 0. The van der Waals surface area contributed by atoms with Crippen LogP contribution in [0.2, 0.25) is 0 Å². The minimum absolute atomic E-state index is 0.0417. The molecule has 0 N–H and O–H groups in total. The van der Waals surface area contributed by atoms with E-state index < -0.39 is 0 Å². The highest BCUT2D eigenvalue weighted by molar-refractivity contribution is 6.04. The molecule has 5 aromatic rings. The van der Waals surface area contributed by atoms with Crippen molar-refractivity contribution in [3.63, 3.8) is 0 Å². The first-order valence-electron chi connectivity index (χ1n) is 10.7. The minimum Gasteiger partial charge on any atom is -0.454 e. The van der Waals surface area contributed by atoms with Crippen LogP contribution in [0, 0.1) is 0 Å². The summed E-state index contributed by atoms with van der Waals surface area (Å²) < 4.78 is 14.6. The molecule has 0 bridgehead atoms. The van der Waals surface area contributed by atoms with Gasteiger partial charge in [-0.15, -0.1) is 0 Å². The Morgan fingerprint density at radius 2 is 1.81 bits per heavy atom. The number of ether oxygens (including phenoxy) is 2. The molecule has 0 saturated carbocycles. The van der Waals surface area contributed by atoms with E-state index in [4.69, 9.17) is 24.4 Å². The Labute approximate surface area is 183 Å². The fourth-order valence-corrected chi connectivity index (χ4v) is 4.20. The molecule has 0 radical (unpaired) electrons. The largest absolute Gasteiger partial charge is 0.454 e. The Hall–Kier alpha value is -3.94. The molecule has 8 heteroatoms. The molecule has 1 aliphatic rings. The molecule has 1 atom stereocenters. The van der Waals surface area contributed by atoms with Crippen molar-refractivity contribution in [1.29, 1.82) is 0 Å². The molecular weight excluding hydrogens is 406 g/mol. The molecule has 3 aromatic heterocycles. The van der Waals surface area contributed by atoms with Crippen molar-refractivity contribution >= 4 is 33.2 Å². The molecule has 6 rings (SSSR count). The second kappa shape index (κ2) is 7.05. The maximum atomic E-state index is 13.5. The van der Waals surface area contributed by atoms with Gasteiger partial charge in [-0.2, -0.15) is 0 Å². The van der Waals surface area contributed by atoms with E-state index in [1.165, 1.54) is 0 Å². The maximum absolute atomic E-state index is 13.5. The van der Waals surface area contributed by atoms with E-state index in [2.05, 4.69) is 6.92 Å². The fourth-order valence-electron chi connectivity index (χ4n) is 4.20. The topological polar surface area (TPSA) is 84.1 Å². The summed E-state index contributed by atoms with van der Waals surface area (Å²) in [5.74, 6) is 1.45. The van der Waals surface area contributed by atoms with Crippen molar-refractivity contribution in [3.05, 3.63) is 64.7 Å². The van der Waals surface area contributed by atoms with Gasteiger partial charge in [-0.3, -0.25) is 9.36 Å². The molecule has 0 fully saturated rings. The molecule has 2 aromatic carbocycles. The van der Waals surface area contributed by atoms with Crippen LogP contribution >= 0.6 is 0 Å². The zero-order valence-corrected chi connectivity index (χ0v) is 17.8. The Morgan fingerprint density at radius 3 is 2.62 bits per heavy atom. The second-order valence-corrected chi connectivity index (χ2v) is 8.07. The number of hydrogen-bond donors (Lipinski definition) is 0. The van der Waals surface area contributed by atoms with Gasteiger partial charge in [0.1, 0.15) is 17.2 Å². The third-order valence-corrected chi connectivity index (χ3v) is 6.12. The number of para-hydroxylation sites is 2. The van der Waals surface area contributed by atoms with Crippen molar-refractivity contribution < 1.29 is 9.47 Å². The van der Waals surface area contributed by atoms with Crippen LogP contribution in [-0.4, -0.2) is 30.9 Å². The smallest absolute Gasteiger partial charge is 0.265 e. The van der Waals surface area contributed by atoms with Crippen LogP contribution in [-0.2, 0) is 6.54 Å². The SMILES string of the molecule is CC[C@H](C)n1cnc2c(c1=O)c1nc3ccccc3nc1n2Cc1ccc2c(c1)OCO2. The Bertz CT molecular complexity index is 1570. The normalized spacial score (nSPS) is 13.9. The summed E-state index contributed by atoms with van der Waals surface area (Å²) in [6.45, 7) is 4.77. The number of nitrogens with zero attached hydrogens (tertiary/aromatic N) is 5. The Morgan fingerprint density at radius 1 is 1.03 bits per heavy atom. The molecule has 0 unspecified atom stereocenters. The number of benzene rings is 2. The second-order valence-electron chi connectivity index (χ2n) is 8.07. The maximum Gasteiger partial charge on any atom is 0.265 e. The van der Waals surface area contributed by atoms with Gasteiger partial charge in [0.2, 0.25) is 6.79 Å². The van der Waals surface area contributed by atoms with Gasteiger partial charge in [-0.25, -0.2) is 15.0 Å². The average Bonchev–Trinajstić information content (AvgIpc) is 3.40. The predicted molar refractivity (Wildman–Crippen MR) is 121 cm³/mol. The molecule has 1 aliphatic heterocycles. The van der Waals surface area contributed by atoms with E-state index in [9.17, 15) is 4.79 Å². The van der Waals surface area contributed by atoms with Gasteiger partial charge < -0.3 is 14.0 Å². The van der Waals surface area contributed by atoms with Crippen LogP contribution < -0.4 is 15.0 Å². The summed E-state index contributed by atoms with van der Waals surface area (Å²) in [6.07, 6.45) is 2.46. The summed E-state index contributed by atoms with van der Waals surface area (Å²) in [5.41, 5.74) is 4.23. The first-order valence-corrected chi connectivity index (χ1v) is 10.7. The van der Waals surface area contributed by atoms with Crippen LogP contribution in [0.1, 0.15) is 31.9 Å². The Kier molecular flexibility index (Phi) is 4.14. The van der Waals surface area contributed by atoms with Crippen LogP contribution in [0.15, 0.2) is 53.6 Å². The molecule has 0 spiro atoms. The molecule has 8 nitrogen and oxygen atoms in total. The average molecular weight is 427 g/mol. The highest BCUT2D eigenvalue weighted by Gasteiger charge is 2.22. The minimum atomic E-state index is -0.0941. The van der Waals surface area contributed by atoms with Crippen molar-refractivity contribution in [2.45, 2.75) is 32.9 Å². The molecule has 32 heavy (non-hydrogen) atoms.